The van der Waals surface area contributed by atoms with Crippen LogP contribution >= 0.6 is 0 Å². The van der Waals surface area contributed by atoms with Crippen LogP contribution < -0.4 is 10.6 Å². The molecule has 0 radical (unpaired) electrons. The smallest absolute Gasteiger partial charge is 0.271 e. The van der Waals surface area contributed by atoms with Gasteiger partial charge in [-0.1, -0.05) is 18.2 Å². The fraction of sp³-hybridized carbons (Fsp3) is 0.222. The number of hydrogen-bond donors (Lipinski definition) is 2. The Kier molecular flexibility index (Phi) is 6.40. The number of carbonyl (C=O) groups excluding carboxylic acids is 2. The number of nitro groups is 1. The first-order valence-corrected chi connectivity index (χ1v) is 7.84. The molecule has 0 aliphatic carbocycles. The van der Waals surface area contributed by atoms with E-state index in [1.807, 2.05) is 25.1 Å². The van der Waals surface area contributed by atoms with Gasteiger partial charge >= 0.3 is 0 Å². The topological polar surface area (TPSA) is 111 Å². The lowest BCUT2D eigenvalue weighted by Crippen LogP contribution is -2.24. The van der Waals surface area contributed by atoms with Crippen molar-refractivity contribution in [3.8, 4) is 0 Å². The summed E-state index contributed by atoms with van der Waals surface area (Å²) in [6, 6.07) is 11.5. The molecule has 2 rings (SSSR count). The number of nitrogens with zero attached hydrogens (tertiary/aromatic N) is 1. The van der Waals surface area contributed by atoms with Gasteiger partial charge in [-0.25, -0.2) is 0 Å². The number of nitrogens with one attached hydrogen (secondary N) is 2. The standard InChI is InChI=1S/C18H19N3O5/c1-12-4-3-5-14(8-12)19-17(22)10-26-11-18(23)20-16-9-15(21(24)25)7-6-13(16)2/h3-9H,10-11H2,1-2H3,(H,19,22)(H,20,23). The number of rotatable bonds is 7. The number of ether oxygens (including phenoxy) is 1. The van der Waals surface area contributed by atoms with Gasteiger partial charge in [-0.05, 0) is 37.1 Å². The second kappa shape index (κ2) is 8.72. The molecule has 0 aliphatic rings. The first kappa shape index (κ1) is 19.1. The Hall–Kier alpha value is -3.26. The van der Waals surface area contributed by atoms with Crippen molar-refractivity contribution in [2.45, 2.75) is 13.8 Å². The third-order valence-corrected chi connectivity index (χ3v) is 3.47. The van der Waals surface area contributed by atoms with E-state index in [-0.39, 0.29) is 24.8 Å². The number of hydrogen-bond acceptors (Lipinski definition) is 5. The number of carbonyl (C=O) groups is 2. The summed E-state index contributed by atoms with van der Waals surface area (Å²) in [5.41, 5.74) is 2.55. The fourth-order valence-corrected chi connectivity index (χ4v) is 2.20. The lowest BCUT2D eigenvalue weighted by atomic mass is 10.2. The molecular formula is C18H19N3O5. The quantitative estimate of drug-likeness (QED) is 0.585. The molecule has 0 atom stereocenters. The molecule has 0 fully saturated rings. The monoisotopic (exact) mass is 357 g/mol. The van der Waals surface area contributed by atoms with Gasteiger partial charge < -0.3 is 15.4 Å². The molecule has 0 aliphatic heterocycles. The predicted octanol–water partition coefficient (Wildman–Crippen LogP) is 2.81. The van der Waals surface area contributed by atoms with Crippen LogP contribution in [0, 0.1) is 24.0 Å². The van der Waals surface area contributed by atoms with Crippen molar-refractivity contribution < 1.29 is 19.2 Å². The van der Waals surface area contributed by atoms with Crippen molar-refractivity contribution in [3.63, 3.8) is 0 Å². The second-order valence-corrected chi connectivity index (χ2v) is 5.71. The molecule has 0 saturated carbocycles. The number of non-ortho nitro benzene ring substituents is 1. The van der Waals surface area contributed by atoms with Crippen molar-refractivity contribution in [2.75, 3.05) is 23.8 Å². The molecule has 2 aromatic rings. The Morgan fingerprint density at radius 1 is 1.04 bits per heavy atom. The van der Waals surface area contributed by atoms with Gasteiger partial charge in [0.25, 0.3) is 5.69 Å². The molecule has 0 heterocycles. The SMILES string of the molecule is Cc1cccc(NC(=O)COCC(=O)Nc2cc([N+](=O)[O-])ccc2C)c1. The predicted molar refractivity (Wildman–Crippen MR) is 97.1 cm³/mol. The summed E-state index contributed by atoms with van der Waals surface area (Å²) in [7, 11) is 0. The highest BCUT2D eigenvalue weighted by atomic mass is 16.6. The molecular weight excluding hydrogens is 338 g/mol. The third-order valence-electron chi connectivity index (χ3n) is 3.47. The average Bonchev–Trinajstić information content (AvgIpc) is 2.56. The Balaban J connectivity index is 1.81. The van der Waals surface area contributed by atoms with E-state index in [0.717, 1.165) is 5.56 Å². The van der Waals surface area contributed by atoms with E-state index in [4.69, 9.17) is 4.74 Å². The van der Waals surface area contributed by atoms with Gasteiger partial charge in [-0.2, -0.15) is 0 Å². The first-order valence-electron chi connectivity index (χ1n) is 7.84. The molecule has 8 nitrogen and oxygen atoms in total. The summed E-state index contributed by atoms with van der Waals surface area (Å²) in [4.78, 5) is 33.9. The summed E-state index contributed by atoms with van der Waals surface area (Å²) in [5.74, 6) is -0.883. The van der Waals surface area contributed by atoms with E-state index in [9.17, 15) is 19.7 Å². The molecule has 26 heavy (non-hydrogen) atoms. The first-order chi connectivity index (χ1) is 12.3. The van der Waals surface area contributed by atoms with Crippen LogP contribution in [-0.2, 0) is 14.3 Å². The van der Waals surface area contributed by atoms with Gasteiger partial charge in [0.2, 0.25) is 11.8 Å². The van der Waals surface area contributed by atoms with Crippen LogP contribution in [0.2, 0.25) is 0 Å². The molecule has 0 spiro atoms. The average molecular weight is 357 g/mol. The van der Waals surface area contributed by atoms with Crippen LogP contribution in [0.5, 0.6) is 0 Å². The van der Waals surface area contributed by atoms with E-state index in [0.29, 0.717) is 16.9 Å². The second-order valence-electron chi connectivity index (χ2n) is 5.71. The van der Waals surface area contributed by atoms with Crippen molar-refractivity contribution in [2.24, 2.45) is 0 Å². The number of benzene rings is 2. The van der Waals surface area contributed by atoms with Crippen LogP contribution in [0.25, 0.3) is 0 Å². The molecule has 2 aromatic carbocycles. The van der Waals surface area contributed by atoms with E-state index < -0.39 is 10.8 Å². The Morgan fingerprint density at radius 2 is 1.73 bits per heavy atom. The highest BCUT2D eigenvalue weighted by molar-refractivity contribution is 5.94. The maximum atomic E-state index is 11.9. The highest BCUT2D eigenvalue weighted by Crippen LogP contribution is 2.21. The summed E-state index contributed by atoms with van der Waals surface area (Å²) in [5, 5.41) is 16.0. The number of anilines is 2. The van der Waals surface area contributed by atoms with Crippen LogP contribution in [0.3, 0.4) is 0 Å². The van der Waals surface area contributed by atoms with E-state index in [1.165, 1.54) is 12.1 Å². The van der Waals surface area contributed by atoms with Gasteiger partial charge in [0.15, 0.2) is 0 Å². The van der Waals surface area contributed by atoms with Crippen LogP contribution in [0.15, 0.2) is 42.5 Å². The fourth-order valence-electron chi connectivity index (χ4n) is 2.20. The number of amides is 2. The molecule has 2 amide bonds. The molecule has 0 unspecified atom stereocenters. The van der Waals surface area contributed by atoms with Crippen molar-refractivity contribution in [1.29, 1.82) is 0 Å². The van der Waals surface area contributed by atoms with E-state index in [1.54, 1.807) is 19.1 Å². The molecule has 136 valence electrons. The Morgan fingerprint density at radius 3 is 2.38 bits per heavy atom. The van der Waals surface area contributed by atoms with Gasteiger partial charge in [0.05, 0.1) is 10.6 Å². The van der Waals surface area contributed by atoms with Crippen LogP contribution in [0.4, 0.5) is 17.1 Å². The van der Waals surface area contributed by atoms with Crippen LogP contribution in [-0.4, -0.2) is 30.0 Å². The molecule has 2 N–H and O–H groups in total. The van der Waals surface area contributed by atoms with E-state index >= 15 is 0 Å². The zero-order chi connectivity index (χ0) is 19.1. The molecule has 8 heteroatoms. The zero-order valence-corrected chi connectivity index (χ0v) is 14.4. The van der Waals surface area contributed by atoms with Gasteiger partial charge in [-0.3, -0.25) is 19.7 Å². The molecule has 0 saturated heterocycles. The molecule has 0 aromatic heterocycles. The minimum atomic E-state index is -0.540. The third kappa shape index (κ3) is 5.67. The minimum absolute atomic E-state index is 0.121. The lowest BCUT2D eigenvalue weighted by molar-refractivity contribution is -0.384. The Labute approximate surface area is 150 Å². The minimum Gasteiger partial charge on any atom is -0.362 e. The van der Waals surface area contributed by atoms with Crippen molar-refractivity contribution in [1.82, 2.24) is 0 Å². The highest BCUT2D eigenvalue weighted by Gasteiger charge is 2.12. The summed E-state index contributed by atoms with van der Waals surface area (Å²) < 4.78 is 5.09. The van der Waals surface area contributed by atoms with Gasteiger partial charge in [0.1, 0.15) is 13.2 Å². The van der Waals surface area contributed by atoms with Gasteiger partial charge in [0, 0.05) is 17.8 Å². The van der Waals surface area contributed by atoms with Crippen molar-refractivity contribution >= 4 is 28.9 Å². The summed E-state index contributed by atoms with van der Waals surface area (Å²) in [6.45, 7) is 3.00. The Bertz CT molecular complexity index is 835. The van der Waals surface area contributed by atoms with Crippen molar-refractivity contribution in [3.05, 3.63) is 63.7 Å². The maximum absolute atomic E-state index is 11.9. The van der Waals surface area contributed by atoms with E-state index in [2.05, 4.69) is 10.6 Å². The van der Waals surface area contributed by atoms with Gasteiger partial charge in [-0.15, -0.1) is 0 Å². The maximum Gasteiger partial charge on any atom is 0.271 e. The summed E-state index contributed by atoms with van der Waals surface area (Å²) >= 11 is 0. The number of nitro benzene ring substituents is 1. The summed E-state index contributed by atoms with van der Waals surface area (Å²) in [6.07, 6.45) is 0. The number of aryl methyl sites for hydroxylation is 2. The van der Waals surface area contributed by atoms with Crippen LogP contribution in [0.1, 0.15) is 11.1 Å². The normalized spacial score (nSPS) is 10.2. The molecule has 0 bridgehead atoms. The largest absolute Gasteiger partial charge is 0.362 e. The zero-order valence-electron chi connectivity index (χ0n) is 14.4. The lowest BCUT2D eigenvalue weighted by Gasteiger charge is -2.09.